The molecule has 1 amide bonds. The number of likely N-dealkylation sites (N-methyl/N-ethyl adjacent to an activating group) is 1. The maximum Gasteiger partial charge on any atom is 0.416 e. The van der Waals surface area contributed by atoms with E-state index in [1.165, 1.54) is 13.1 Å². The number of nitrogens with one attached hydrogen (secondary N) is 2. The van der Waals surface area contributed by atoms with E-state index in [1.54, 1.807) is 0 Å². The van der Waals surface area contributed by atoms with Crippen LogP contribution in [0.25, 0.3) is 0 Å². The van der Waals surface area contributed by atoms with Crippen LogP contribution in [0.3, 0.4) is 0 Å². The Morgan fingerprint density at radius 2 is 2.05 bits per heavy atom. The second-order valence-electron chi connectivity index (χ2n) is 5.24. The van der Waals surface area contributed by atoms with E-state index in [1.807, 2.05) is 0 Å². The average molecular weight is 316 g/mol. The number of rotatable bonds is 4. The van der Waals surface area contributed by atoms with E-state index in [2.05, 4.69) is 10.6 Å². The van der Waals surface area contributed by atoms with E-state index in [-0.39, 0.29) is 18.4 Å². The molecule has 0 unspecified atom stereocenters. The Hall–Kier alpha value is -1.76. The Labute approximate surface area is 127 Å². The number of carbonyl (C=O) groups excluding carboxylic acids is 1. The smallest absolute Gasteiger partial charge is 0.416 e. The SMILES string of the molecule is CNC(=O)COc1ccc(C(F)(F)F)cc1C1CCNCC1. The van der Waals surface area contributed by atoms with E-state index in [4.69, 9.17) is 4.74 Å². The van der Waals surface area contributed by atoms with Gasteiger partial charge in [-0.05, 0) is 55.6 Å². The fourth-order valence-corrected chi connectivity index (χ4v) is 2.52. The van der Waals surface area contributed by atoms with Crippen LogP contribution in [-0.4, -0.2) is 32.7 Å². The third kappa shape index (κ3) is 4.13. The van der Waals surface area contributed by atoms with Crippen LogP contribution in [0.1, 0.15) is 29.9 Å². The molecule has 0 atom stereocenters. The molecule has 0 spiro atoms. The molecular weight excluding hydrogens is 297 g/mol. The number of hydrogen-bond donors (Lipinski definition) is 2. The molecule has 4 nitrogen and oxygen atoms in total. The maximum atomic E-state index is 12.9. The molecule has 1 aliphatic rings. The number of amides is 1. The summed E-state index contributed by atoms with van der Waals surface area (Å²) in [4.78, 5) is 11.3. The quantitative estimate of drug-likeness (QED) is 0.896. The minimum atomic E-state index is -4.39. The number of hydrogen-bond acceptors (Lipinski definition) is 3. The normalized spacial score (nSPS) is 16.4. The molecule has 0 saturated carbocycles. The maximum absolute atomic E-state index is 12.9. The number of halogens is 3. The molecule has 2 N–H and O–H groups in total. The molecule has 0 aliphatic carbocycles. The first-order chi connectivity index (χ1) is 10.4. The van der Waals surface area contributed by atoms with Crippen molar-refractivity contribution in [3.05, 3.63) is 29.3 Å². The summed E-state index contributed by atoms with van der Waals surface area (Å²) < 4.78 is 44.2. The van der Waals surface area contributed by atoms with Crippen molar-refractivity contribution >= 4 is 5.91 Å². The fraction of sp³-hybridized carbons (Fsp3) is 0.533. The summed E-state index contributed by atoms with van der Waals surface area (Å²) in [6, 6.07) is 3.45. The predicted molar refractivity (Wildman–Crippen MR) is 75.9 cm³/mol. The van der Waals surface area contributed by atoms with Gasteiger partial charge >= 0.3 is 6.18 Å². The van der Waals surface area contributed by atoms with E-state index in [0.29, 0.717) is 11.3 Å². The summed E-state index contributed by atoms with van der Waals surface area (Å²) in [7, 11) is 1.48. The van der Waals surface area contributed by atoms with Gasteiger partial charge in [-0.15, -0.1) is 0 Å². The highest BCUT2D eigenvalue weighted by Gasteiger charge is 2.32. The van der Waals surface area contributed by atoms with Crippen LogP contribution in [0, 0.1) is 0 Å². The van der Waals surface area contributed by atoms with Crippen LogP contribution < -0.4 is 15.4 Å². The zero-order valence-corrected chi connectivity index (χ0v) is 12.3. The molecule has 1 fully saturated rings. The Morgan fingerprint density at radius 3 is 2.64 bits per heavy atom. The second-order valence-corrected chi connectivity index (χ2v) is 5.24. The van der Waals surface area contributed by atoms with Crippen molar-refractivity contribution in [1.82, 2.24) is 10.6 Å². The summed E-state index contributed by atoms with van der Waals surface area (Å²) >= 11 is 0. The Balaban J connectivity index is 2.28. The van der Waals surface area contributed by atoms with Crippen LogP contribution in [0.15, 0.2) is 18.2 Å². The molecule has 0 aromatic heterocycles. The highest BCUT2D eigenvalue weighted by molar-refractivity contribution is 5.77. The highest BCUT2D eigenvalue weighted by atomic mass is 19.4. The molecule has 0 radical (unpaired) electrons. The summed E-state index contributed by atoms with van der Waals surface area (Å²) in [5.41, 5.74) is -0.159. The van der Waals surface area contributed by atoms with Gasteiger partial charge in [0.05, 0.1) is 5.56 Å². The summed E-state index contributed by atoms with van der Waals surface area (Å²) in [6.07, 6.45) is -2.89. The van der Waals surface area contributed by atoms with Gasteiger partial charge in [0, 0.05) is 7.05 Å². The van der Waals surface area contributed by atoms with Gasteiger partial charge in [0.15, 0.2) is 6.61 Å². The lowest BCUT2D eigenvalue weighted by Crippen LogP contribution is -2.28. The van der Waals surface area contributed by atoms with Crippen molar-refractivity contribution in [1.29, 1.82) is 0 Å². The lowest BCUT2D eigenvalue weighted by atomic mass is 9.88. The number of piperidine rings is 1. The van der Waals surface area contributed by atoms with E-state index in [0.717, 1.165) is 38.1 Å². The monoisotopic (exact) mass is 316 g/mol. The van der Waals surface area contributed by atoms with Gasteiger partial charge in [-0.1, -0.05) is 0 Å². The number of carbonyl (C=O) groups is 1. The molecule has 122 valence electrons. The van der Waals surface area contributed by atoms with Crippen molar-refractivity contribution in [3.8, 4) is 5.75 Å². The molecule has 1 heterocycles. The third-order valence-corrected chi connectivity index (χ3v) is 3.75. The van der Waals surface area contributed by atoms with Crippen LogP contribution in [0.5, 0.6) is 5.75 Å². The van der Waals surface area contributed by atoms with E-state index in [9.17, 15) is 18.0 Å². The molecule has 7 heteroatoms. The first kappa shape index (κ1) is 16.6. The standard InChI is InChI=1S/C15H19F3N2O2/c1-19-14(21)9-22-13-3-2-11(15(16,17)18)8-12(13)10-4-6-20-7-5-10/h2-3,8,10,20H,4-7,9H2,1H3,(H,19,21). The fourth-order valence-electron chi connectivity index (χ4n) is 2.52. The molecule has 0 bridgehead atoms. The molecule has 2 rings (SSSR count). The summed E-state index contributed by atoms with van der Waals surface area (Å²) in [5, 5.41) is 5.60. The van der Waals surface area contributed by atoms with E-state index >= 15 is 0 Å². The number of benzene rings is 1. The largest absolute Gasteiger partial charge is 0.483 e. The number of alkyl halides is 3. The Bertz CT molecular complexity index is 526. The molecule has 22 heavy (non-hydrogen) atoms. The second kappa shape index (κ2) is 7.00. The van der Waals surface area contributed by atoms with Gasteiger partial charge in [0.1, 0.15) is 5.75 Å². The predicted octanol–water partition coefficient (Wildman–Crippen LogP) is 2.30. The zero-order chi connectivity index (χ0) is 16.2. The highest BCUT2D eigenvalue weighted by Crippen LogP contribution is 2.38. The van der Waals surface area contributed by atoms with Crippen molar-refractivity contribution in [3.63, 3.8) is 0 Å². The summed E-state index contributed by atoms with van der Waals surface area (Å²) in [5.74, 6) is 0.0305. The summed E-state index contributed by atoms with van der Waals surface area (Å²) in [6.45, 7) is 1.31. The van der Waals surface area contributed by atoms with Crippen LogP contribution in [0.2, 0.25) is 0 Å². The lowest BCUT2D eigenvalue weighted by Gasteiger charge is -2.25. The first-order valence-corrected chi connectivity index (χ1v) is 7.17. The molecular formula is C15H19F3N2O2. The Kier molecular flexibility index (Phi) is 5.28. The van der Waals surface area contributed by atoms with Crippen molar-refractivity contribution in [2.24, 2.45) is 0 Å². The molecule has 1 aromatic rings. The van der Waals surface area contributed by atoms with Gasteiger partial charge in [-0.3, -0.25) is 4.79 Å². The average Bonchev–Trinajstić information content (AvgIpc) is 2.52. The van der Waals surface area contributed by atoms with Gasteiger partial charge in [-0.2, -0.15) is 13.2 Å². The first-order valence-electron chi connectivity index (χ1n) is 7.17. The van der Waals surface area contributed by atoms with Crippen molar-refractivity contribution < 1.29 is 22.7 Å². The van der Waals surface area contributed by atoms with Crippen molar-refractivity contribution in [2.75, 3.05) is 26.7 Å². The van der Waals surface area contributed by atoms with E-state index < -0.39 is 11.7 Å². The zero-order valence-electron chi connectivity index (χ0n) is 12.3. The molecule has 1 saturated heterocycles. The van der Waals surface area contributed by atoms with Gasteiger partial charge in [0.25, 0.3) is 5.91 Å². The van der Waals surface area contributed by atoms with Gasteiger partial charge < -0.3 is 15.4 Å². The van der Waals surface area contributed by atoms with Gasteiger partial charge in [0.2, 0.25) is 0 Å². The van der Waals surface area contributed by atoms with Crippen LogP contribution in [-0.2, 0) is 11.0 Å². The lowest BCUT2D eigenvalue weighted by molar-refractivity contribution is -0.137. The molecule has 1 aromatic carbocycles. The minimum absolute atomic E-state index is 0.00300. The van der Waals surface area contributed by atoms with Crippen LogP contribution >= 0.6 is 0 Å². The van der Waals surface area contributed by atoms with Gasteiger partial charge in [-0.25, -0.2) is 0 Å². The Morgan fingerprint density at radius 1 is 1.36 bits per heavy atom. The topological polar surface area (TPSA) is 50.4 Å². The number of ether oxygens (including phenoxy) is 1. The minimum Gasteiger partial charge on any atom is -0.483 e. The third-order valence-electron chi connectivity index (χ3n) is 3.75. The molecule has 1 aliphatic heterocycles. The van der Waals surface area contributed by atoms with Crippen LogP contribution in [0.4, 0.5) is 13.2 Å². The van der Waals surface area contributed by atoms with Crippen molar-refractivity contribution in [2.45, 2.75) is 24.9 Å².